The third kappa shape index (κ3) is 3.17. The highest BCUT2D eigenvalue weighted by atomic mass is 35.5. The summed E-state index contributed by atoms with van der Waals surface area (Å²) in [6.07, 6.45) is 1.69. The average molecular weight is 312 g/mol. The van der Waals surface area contributed by atoms with E-state index in [1.165, 1.54) is 0 Å². The molecule has 0 radical (unpaired) electrons. The number of likely N-dealkylation sites (tertiary alicyclic amines) is 1. The first kappa shape index (κ1) is 15.0. The van der Waals surface area contributed by atoms with Crippen molar-refractivity contribution in [3.63, 3.8) is 0 Å². The minimum atomic E-state index is -0.228. The van der Waals surface area contributed by atoms with E-state index in [0.29, 0.717) is 28.8 Å². The number of carbonyl (C=O) groups excluding carboxylic acids is 1. The van der Waals surface area contributed by atoms with Crippen LogP contribution in [0.1, 0.15) is 18.4 Å². The summed E-state index contributed by atoms with van der Waals surface area (Å²) in [5, 5.41) is 12.7. The molecular weight excluding hydrogens is 297 g/mol. The number of amides is 2. The van der Waals surface area contributed by atoms with Gasteiger partial charge in [-0.15, -0.1) is 0 Å². The Bertz CT molecular complexity index is 568. The van der Waals surface area contributed by atoms with Crippen LogP contribution >= 0.6 is 23.2 Å². The van der Waals surface area contributed by atoms with Crippen molar-refractivity contribution in [1.82, 2.24) is 4.90 Å². The zero-order valence-corrected chi connectivity index (χ0v) is 12.6. The molecule has 106 valence electrons. The number of hydrogen-bond donors (Lipinski definition) is 1. The summed E-state index contributed by atoms with van der Waals surface area (Å²) < 4.78 is 0. The fourth-order valence-corrected chi connectivity index (χ4v) is 2.64. The van der Waals surface area contributed by atoms with Crippen LogP contribution in [-0.2, 0) is 0 Å². The number of nitrogens with zero attached hydrogens (tertiary/aromatic N) is 2. The van der Waals surface area contributed by atoms with Crippen LogP contribution in [0, 0.1) is 24.2 Å². The molecule has 0 aromatic heterocycles. The molecule has 1 aliphatic rings. The number of anilines is 1. The van der Waals surface area contributed by atoms with Gasteiger partial charge >= 0.3 is 6.03 Å². The summed E-state index contributed by atoms with van der Waals surface area (Å²) in [5.41, 5.74) is 1.28. The second kappa shape index (κ2) is 6.34. The number of carbonyl (C=O) groups is 1. The van der Waals surface area contributed by atoms with Gasteiger partial charge in [0.25, 0.3) is 0 Å². The van der Waals surface area contributed by atoms with Crippen LogP contribution in [0.3, 0.4) is 0 Å². The second-order valence-electron chi connectivity index (χ2n) is 4.88. The summed E-state index contributed by atoms with van der Waals surface area (Å²) in [6.45, 7) is 2.92. The summed E-state index contributed by atoms with van der Waals surface area (Å²) in [4.78, 5) is 13.8. The van der Waals surface area contributed by atoms with E-state index in [1.54, 1.807) is 24.0 Å². The van der Waals surface area contributed by atoms with E-state index >= 15 is 0 Å². The van der Waals surface area contributed by atoms with Gasteiger partial charge in [0, 0.05) is 18.1 Å². The molecule has 1 unspecified atom stereocenters. The lowest BCUT2D eigenvalue weighted by atomic mass is 10.0. The monoisotopic (exact) mass is 311 g/mol. The van der Waals surface area contributed by atoms with Gasteiger partial charge in [0.15, 0.2) is 0 Å². The molecule has 1 fully saturated rings. The SMILES string of the molecule is Cc1c(Cl)ccc(NC(=O)N2CCCC(C#N)C2)c1Cl. The summed E-state index contributed by atoms with van der Waals surface area (Å²) in [7, 11) is 0. The van der Waals surface area contributed by atoms with Gasteiger partial charge in [-0.25, -0.2) is 4.79 Å². The zero-order chi connectivity index (χ0) is 14.7. The lowest BCUT2D eigenvalue weighted by Crippen LogP contribution is -2.42. The van der Waals surface area contributed by atoms with Crippen molar-refractivity contribution in [2.45, 2.75) is 19.8 Å². The second-order valence-corrected chi connectivity index (χ2v) is 5.66. The van der Waals surface area contributed by atoms with E-state index in [1.807, 2.05) is 0 Å². The number of rotatable bonds is 1. The molecule has 0 bridgehead atoms. The van der Waals surface area contributed by atoms with Crippen LogP contribution in [-0.4, -0.2) is 24.0 Å². The molecule has 4 nitrogen and oxygen atoms in total. The molecule has 20 heavy (non-hydrogen) atoms. The maximum Gasteiger partial charge on any atom is 0.321 e. The van der Waals surface area contributed by atoms with E-state index in [2.05, 4.69) is 11.4 Å². The first-order chi connectivity index (χ1) is 9.52. The molecule has 6 heteroatoms. The predicted molar refractivity (Wildman–Crippen MR) is 80.1 cm³/mol. The van der Waals surface area contributed by atoms with Crippen molar-refractivity contribution in [1.29, 1.82) is 5.26 Å². The van der Waals surface area contributed by atoms with E-state index in [9.17, 15) is 4.79 Å². The number of urea groups is 1. The van der Waals surface area contributed by atoms with Crippen molar-refractivity contribution in [2.75, 3.05) is 18.4 Å². The van der Waals surface area contributed by atoms with Crippen LogP contribution < -0.4 is 5.32 Å². The Labute approximate surface area is 128 Å². The van der Waals surface area contributed by atoms with Gasteiger partial charge < -0.3 is 10.2 Å². The maximum atomic E-state index is 12.2. The minimum Gasteiger partial charge on any atom is -0.323 e. The Morgan fingerprint density at radius 2 is 2.25 bits per heavy atom. The fourth-order valence-electron chi connectivity index (χ4n) is 2.22. The standard InChI is InChI=1S/C14H15Cl2N3O/c1-9-11(15)4-5-12(13(9)16)18-14(20)19-6-2-3-10(7-17)8-19/h4-5,10H,2-3,6,8H2,1H3,(H,18,20). The van der Waals surface area contributed by atoms with Gasteiger partial charge in [0.1, 0.15) is 0 Å². The van der Waals surface area contributed by atoms with E-state index < -0.39 is 0 Å². The van der Waals surface area contributed by atoms with Crippen molar-refractivity contribution in [3.8, 4) is 6.07 Å². The number of nitriles is 1. The minimum absolute atomic E-state index is 0.0862. The molecule has 1 N–H and O–H groups in total. The van der Waals surface area contributed by atoms with Gasteiger partial charge in [-0.05, 0) is 37.5 Å². The predicted octanol–water partition coefficient (Wildman–Crippen LogP) is 4.07. The van der Waals surface area contributed by atoms with Gasteiger partial charge in [-0.2, -0.15) is 5.26 Å². The van der Waals surface area contributed by atoms with Crippen molar-refractivity contribution in [2.24, 2.45) is 5.92 Å². The number of benzene rings is 1. The molecule has 1 aromatic rings. The molecule has 0 aliphatic carbocycles. The Hall–Kier alpha value is -1.44. The summed E-state index contributed by atoms with van der Waals surface area (Å²) in [6, 6.07) is 5.37. The summed E-state index contributed by atoms with van der Waals surface area (Å²) in [5.74, 6) is -0.0862. The molecule has 0 saturated carbocycles. The third-order valence-corrected chi connectivity index (χ3v) is 4.35. The van der Waals surface area contributed by atoms with Crippen molar-refractivity contribution in [3.05, 3.63) is 27.7 Å². The van der Waals surface area contributed by atoms with Gasteiger partial charge in [0.2, 0.25) is 0 Å². The molecule has 0 spiro atoms. The molecule has 2 amide bonds. The average Bonchev–Trinajstić information content (AvgIpc) is 2.48. The highest BCUT2D eigenvalue weighted by molar-refractivity contribution is 6.38. The molecule has 1 aliphatic heterocycles. The van der Waals surface area contributed by atoms with Crippen LogP contribution in [0.15, 0.2) is 12.1 Å². The van der Waals surface area contributed by atoms with Crippen LogP contribution in [0.25, 0.3) is 0 Å². The van der Waals surface area contributed by atoms with Gasteiger partial charge in [-0.1, -0.05) is 23.2 Å². The number of piperidine rings is 1. The summed E-state index contributed by atoms with van der Waals surface area (Å²) >= 11 is 12.1. The van der Waals surface area contributed by atoms with Crippen LogP contribution in [0.4, 0.5) is 10.5 Å². The molecule has 1 saturated heterocycles. The highest BCUT2D eigenvalue weighted by Crippen LogP contribution is 2.31. The Morgan fingerprint density at radius 3 is 2.95 bits per heavy atom. The molecule has 1 atom stereocenters. The maximum absolute atomic E-state index is 12.2. The first-order valence-electron chi connectivity index (χ1n) is 6.43. The number of halogens is 2. The van der Waals surface area contributed by atoms with Crippen LogP contribution in [0.2, 0.25) is 10.0 Å². The quantitative estimate of drug-likeness (QED) is 0.850. The van der Waals surface area contributed by atoms with E-state index in [-0.39, 0.29) is 11.9 Å². The van der Waals surface area contributed by atoms with E-state index in [0.717, 1.165) is 18.4 Å². The smallest absolute Gasteiger partial charge is 0.321 e. The molecule has 1 aromatic carbocycles. The van der Waals surface area contributed by atoms with E-state index in [4.69, 9.17) is 28.5 Å². The van der Waals surface area contributed by atoms with Crippen molar-refractivity contribution < 1.29 is 4.79 Å². The fraction of sp³-hybridized carbons (Fsp3) is 0.429. The Kier molecular flexibility index (Phi) is 4.74. The Balaban J connectivity index is 2.09. The lowest BCUT2D eigenvalue weighted by molar-refractivity contribution is 0.189. The zero-order valence-electron chi connectivity index (χ0n) is 11.1. The lowest BCUT2D eigenvalue weighted by Gasteiger charge is -2.29. The molecule has 1 heterocycles. The molecular formula is C14H15Cl2N3O. The normalized spacial score (nSPS) is 18.5. The third-order valence-electron chi connectivity index (χ3n) is 3.45. The van der Waals surface area contributed by atoms with Crippen molar-refractivity contribution >= 4 is 34.9 Å². The highest BCUT2D eigenvalue weighted by Gasteiger charge is 2.24. The first-order valence-corrected chi connectivity index (χ1v) is 7.18. The number of nitrogens with one attached hydrogen (secondary N) is 1. The van der Waals surface area contributed by atoms with Gasteiger partial charge in [0.05, 0.1) is 22.7 Å². The Morgan fingerprint density at radius 1 is 1.50 bits per heavy atom. The molecule has 2 rings (SSSR count). The topological polar surface area (TPSA) is 56.1 Å². The van der Waals surface area contributed by atoms with Gasteiger partial charge in [-0.3, -0.25) is 0 Å². The largest absolute Gasteiger partial charge is 0.323 e. The number of hydrogen-bond acceptors (Lipinski definition) is 2. The van der Waals surface area contributed by atoms with Crippen LogP contribution in [0.5, 0.6) is 0 Å².